The molecule has 2 aliphatic rings. The second kappa shape index (κ2) is 7.89. The fourth-order valence-corrected chi connectivity index (χ4v) is 5.88. The van der Waals surface area contributed by atoms with Crippen molar-refractivity contribution in [1.82, 2.24) is 4.90 Å². The van der Waals surface area contributed by atoms with Crippen LogP contribution in [0, 0.1) is 0 Å². The zero-order valence-electron chi connectivity index (χ0n) is 16.4. The second-order valence-corrected chi connectivity index (χ2v) is 9.89. The molecule has 0 amide bonds. The lowest BCUT2D eigenvalue weighted by Gasteiger charge is -2.36. The number of rotatable bonds is 5. The fraction of sp³-hybridized carbons (Fsp3) is 0.650. The standard InChI is InChI=1S/C20H30N2O4S/c1-15-21-27(24,25)19(20(2,3)26-15)14-16-4-6-17(7-5-16)18-8-10-22(11-9-18)12-13-23/h4-7,18-19,23H,8-14H2,1-3H3. The number of likely N-dealkylation sites (tertiary alicyclic amines) is 1. The molecule has 2 heterocycles. The van der Waals surface area contributed by atoms with Gasteiger partial charge >= 0.3 is 0 Å². The Labute approximate surface area is 162 Å². The fourth-order valence-electron chi connectivity index (χ4n) is 4.19. The van der Waals surface area contributed by atoms with E-state index in [0.717, 1.165) is 38.0 Å². The Hall–Kier alpha value is -1.44. The van der Waals surface area contributed by atoms with E-state index in [1.165, 1.54) is 5.56 Å². The van der Waals surface area contributed by atoms with Gasteiger partial charge in [-0.25, -0.2) is 8.42 Å². The van der Waals surface area contributed by atoms with Crippen LogP contribution in [0.4, 0.5) is 0 Å². The van der Waals surface area contributed by atoms with Gasteiger partial charge in [-0.3, -0.25) is 0 Å². The molecule has 0 bridgehead atoms. The highest BCUT2D eigenvalue weighted by Gasteiger charge is 2.45. The van der Waals surface area contributed by atoms with Crippen molar-refractivity contribution < 1.29 is 18.3 Å². The van der Waals surface area contributed by atoms with Crippen LogP contribution in [-0.2, 0) is 21.2 Å². The quantitative estimate of drug-likeness (QED) is 0.829. The normalized spacial score (nSPS) is 25.6. The minimum Gasteiger partial charge on any atom is -0.473 e. The van der Waals surface area contributed by atoms with Crippen molar-refractivity contribution in [3.63, 3.8) is 0 Å². The first-order valence-electron chi connectivity index (χ1n) is 9.63. The molecule has 1 aromatic carbocycles. The minimum atomic E-state index is -3.58. The van der Waals surface area contributed by atoms with Crippen LogP contribution in [0.1, 0.15) is 50.7 Å². The van der Waals surface area contributed by atoms with Crippen molar-refractivity contribution in [2.45, 2.75) is 56.8 Å². The van der Waals surface area contributed by atoms with Gasteiger partial charge in [0.15, 0.2) is 5.90 Å². The van der Waals surface area contributed by atoms with Gasteiger partial charge < -0.3 is 14.7 Å². The molecular weight excluding hydrogens is 364 g/mol. The van der Waals surface area contributed by atoms with Gasteiger partial charge in [0.25, 0.3) is 10.0 Å². The first-order chi connectivity index (χ1) is 12.7. The van der Waals surface area contributed by atoms with E-state index in [0.29, 0.717) is 12.3 Å². The van der Waals surface area contributed by atoms with Crippen LogP contribution in [0.5, 0.6) is 0 Å². The summed E-state index contributed by atoms with van der Waals surface area (Å²) < 4.78 is 34.5. The molecule has 3 rings (SSSR count). The van der Waals surface area contributed by atoms with E-state index in [-0.39, 0.29) is 12.5 Å². The van der Waals surface area contributed by atoms with Crippen molar-refractivity contribution in [1.29, 1.82) is 0 Å². The summed E-state index contributed by atoms with van der Waals surface area (Å²) in [7, 11) is -3.58. The number of β-amino-alcohol motifs (C(OH)–C–C–N with tert-alkyl or cyclic N) is 1. The van der Waals surface area contributed by atoms with Gasteiger partial charge in [0, 0.05) is 13.5 Å². The Kier molecular flexibility index (Phi) is 5.93. The van der Waals surface area contributed by atoms with E-state index in [9.17, 15) is 8.42 Å². The number of hydrogen-bond donors (Lipinski definition) is 1. The molecule has 2 aliphatic heterocycles. The predicted molar refractivity (Wildman–Crippen MR) is 107 cm³/mol. The number of benzene rings is 1. The first kappa shape index (κ1) is 20.3. The molecular formula is C20H30N2O4S. The number of aliphatic hydroxyl groups is 1. The molecule has 150 valence electrons. The Bertz CT molecular complexity index is 779. The topological polar surface area (TPSA) is 79.2 Å². The average Bonchev–Trinajstić information content (AvgIpc) is 2.59. The number of aliphatic hydroxyl groups excluding tert-OH is 1. The van der Waals surface area contributed by atoms with Gasteiger partial charge in [-0.2, -0.15) is 0 Å². The lowest BCUT2D eigenvalue weighted by atomic mass is 9.88. The van der Waals surface area contributed by atoms with Gasteiger partial charge in [-0.15, -0.1) is 4.40 Å². The van der Waals surface area contributed by atoms with E-state index in [1.807, 2.05) is 26.0 Å². The zero-order valence-corrected chi connectivity index (χ0v) is 17.2. The maximum atomic E-state index is 12.5. The van der Waals surface area contributed by atoms with E-state index in [2.05, 4.69) is 21.4 Å². The summed E-state index contributed by atoms with van der Waals surface area (Å²) >= 11 is 0. The van der Waals surface area contributed by atoms with Crippen LogP contribution in [0.3, 0.4) is 0 Å². The number of ether oxygens (including phenoxy) is 1. The third-order valence-corrected chi connectivity index (χ3v) is 7.64. The van der Waals surface area contributed by atoms with Gasteiger partial charge in [0.1, 0.15) is 10.9 Å². The summed E-state index contributed by atoms with van der Waals surface area (Å²) in [5.74, 6) is 0.735. The lowest BCUT2D eigenvalue weighted by Crippen LogP contribution is -2.49. The van der Waals surface area contributed by atoms with Crippen molar-refractivity contribution in [3.8, 4) is 0 Å². The molecule has 1 atom stereocenters. The smallest absolute Gasteiger partial charge is 0.263 e. The first-order valence-corrected chi connectivity index (χ1v) is 11.1. The Morgan fingerprint density at radius 2 is 1.85 bits per heavy atom. The predicted octanol–water partition coefficient (Wildman–Crippen LogP) is 2.33. The maximum Gasteiger partial charge on any atom is 0.263 e. The monoisotopic (exact) mass is 394 g/mol. The van der Waals surface area contributed by atoms with E-state index in [4.69, 9.17) is 9.84 Å². The Balaban J connectivity index is 1.68. The molecule has 1 aromatic rings. The van der Waals surface area contributed by atoms with Crippen LogP contribution < -0.4 is 0 Å². The van der Waals surface area contributed by atoms with Gasteiger partial charge in [0.2, 0.25) is 0 Å². The van der Waals surface area contributed by atoms with Gasteiger partial charge in [0.05, 0.1) is 6.61 Å². The van der Waals surface area contributed by atoms with E-state index >= 15 is 0 Å². The third kappa shape index (κ3) is 4.70. The molecule has 0 radical (unpaired) electrons. The third-order valence-electron chi connectivity index (χ3n) is 5.68. The van der Waals surface area contributed by atoms with Crippen LogP contribution in [0.2, 0.25) is 0 Å². The molecule has 1 fully saturated rings. The summed E-state index contributed by atoms with van der Waals surface area (Å²) in [6.07, 6.45) is 2.57. The number of piperidine rings is 1. The molecule has 6 nitrogen and oxygen atoms in total. The van der Waals surface area contributed by atoms with Crippen molar-refractivity contribution in [2.24, 2.45) is 4.40 Å². The molecule has 1 N–H and O–H groups in total. The molecule has 27 heavy (non-hydrogen) atoms. The van der Waals surface area contributed by atoms with Crippen molar-refractivity contribution >= 4 is 15.9 Å². The molecule has 1 saturated heterocycles. The molecule has 0 aliphatic carbocycles. The van der Waals surface area contributed by atoms with E-state index in [1.54, 1.807) is 6.92 Å². The second-order valence-electron chi connectivity index (χ2n) is 8.10. The minimum absolute atomic E-state index is 0.208. The Morgan fingerprint density at radius 1 is 1.22 bits per heavy atom. The molecule has 0 spiro atoms. The average molecular weight is 395 g/mol. The highest BCUT2D eigenvalue weighted by atomic mass is 32.2. The van der Waals surface area contributed by atoms with Crippen LogP contribution in [0.25, 0.3) is 0 Å². The Morgan fingerprint density at radius 3 is 2.41 bits per heavy atom. The molecule has 7 heteroatoms. The highest BCUT2D eigenvalue weighted by Crippen LogP contribution is 2.32. The van der Waals surface area contributed by atoms with Crippen molar-refractivity contribution in [3.05, 3.63) is 35.4 Å². The largest absolute Gasteiger partial charge is 0.473 e. The number of sulfonamides is 1. The maximum absolute atomic E-state index is 12.5. The number of hydrogen-bond acceptors (Lipinski definition) is 5. The van der Waals surface area contributed by atoms with Crippen molar-refractivity contribution in [2.75, 3.05) is 26.2 Å². The van der Waals surface area contributed by atoms with Crippen LogP contribution >= 0.6 is 0 Å². The molecule has 1 unspecified atom stereocenters. The van der Waals surface area contributed by atoms with E-state index < -0.39 is 20.9 Å². The molecule has 0 aromatic heterocycles. The number of nitrogens with zero attached hydrogens (tertiary/aromatic N) is 2. The molecule has 0 saturated carbocycles. The van der Waals surface area contributed by atoms with Gasteiger partial charge in [-0.05, 0) is 63.2 Å². The summed E-state index contributed by atoms with van der Waals surface area (Å²) in [5.41, 5.74) is 1.48. The summed E-state index contributed by atoms with van der Waals surface area (Å²) in [4.78, 5) is 2.30. The lowest BCUT2D eigenvalue weighted by molar-refractivity contribution is 0.0839. The van der Waals surface area contributed by atoms with Crippen LogP contribution in [0.15, 0.2) is 28.7 Å². The van der Waals surface area contributed by atoms with Crippen LogP contribution in [-0.4, -0.2) is 61.4 Å². The summed E-state index contributed by atoms with van der Waals surface area (Å²) in [5, 5.41) is 8.36. The highest BCUT2D eigenvalue weighted by molar-refractivity contribution is 7.91. The summed E-state index contributed by atoms with van der Waals surface area (Å²) in [6, 6.07) is 8.32. The zero-order chi connectivity index (χ0) is 19.7. The summed E-state index contributed by atoms with van der Waals surface area (Å²) in [6.45, 7) is 8.18. The SMILES string of the molecule is CC1=NS(=O)(=O)C(Cc2ccc(C3CCN(CCO)CC3)cc2)C(C)(C)O1. The van der Waals surface area contributed by atoms with Gasteiger partial charge in [-0.1, -0.05) is 24.3 Å².